The Morgan fingerprint density at radius 1 is 0.838 bits per heavy atom. The number of likely N-dealkylation sites (tertiary alicyclic amines) is 2. The molecular formula is C53H59F2N11O7S. The number of carbonyl (C=O) groups excluding carboxylic acids is 5. The highest BCUT2D eigenvalue weighted by atomic mass is 32.2. The lowest BCUT2D eigenvalue weighted by Crippen LogP contribution is -2.58. The maximum Gasteiger partial charge on any atom is 0.249 e. The molecule has 4 aromatic heterocycles. The Balaban J connectivity index is 0.693. The number of carbonyl (C=O) groups is 5. The SMILES string of the molecule is CN[C@@H](C)C(=O)N[C@H](C(=O)N1CCC[C@H]1C1=NC(C(=O)c2ccc(F)cc2)CS1)C1CCN(C(=O)CCOCCOCCC(=O)n2cc(-c3cnc4[nH]cc(-c5cnn(Cc6cccc(F)c6)c5)c4c3)cn2)CC1. The number of fused-ring (bicyclic) bond motifs is 1. The Morgan fingerprint density at radius 3 is 2.35 bits per heavy atom. The lowest BCUT2D eigenvalue weighted by atomic mass is 9.88. The molecule has 4 atom stereocenters. The Kier molecular flexibility index (Phi) is 16.8. The third-order valence-corrected chi connectivity index (χ3v) is 15.0. The summed E-state index contributed by atoms with van der Waals surface area (Å²) in [6, 6.07) is 11.6. The lowest BCUT2D eigenvalue weighted by Gasteiger charge is -2.38. The molecule has 2 saturated heterocycles. The van der Waals surface area contributed by atoms with Gasteiger partial charge in [0.2, 0.25) is 23.6 Å². The first-order chi connectivity index (χ1) is 35.9. The number of rotatable bonds is 21. The number of hydrogen-bond acceptors (Lipinski definition) is 13. The average Bonchev–Trinajstić information content (AvgIpc) is 4.29. The number of aromatic amines is 1. The molecule has 6 aromatic rings. The quantitative estimate of drug-likeness (QED) is 0.0578. The minimum absolute atomic E-state index is 0.0691. The molecule has 2 aromatic carbocycles. The number of hydrogen-bond donors (Lipinski definition) is 3. The molecule has 18 nitrogen and oxygen atoms in total. The number of Topliss-reactive ketones (excluding diaryl/α,β-unsaturated/α-hetero) is 1. The maximum absolute atomic E-state index is 14.5. The van der Waals surface area contributed by atoms with Gasteiger partial charge in [0.05, 0.1) is 75.3 Å². The number of nitrogens with one attached hydrogen (secondary N) is 3. The molecule has 2 fully saturated rings. The fraction of sp³-hybridized carbons (Fsp3) is 0.415. The molecule has 1 unspecified atom stereocenters. The van der Waals surface area contributed by atoms with Gasteiger partial charge in [-0.2, -0.15) is 10.2 Å². The van der Waals surface area contributed by atoms with Crippen molar-refractivity contribution in [2.45, 2.75) is 76.2 Å². The number of piperidine rings is 1. The predicted molar refractivity (Wildman–Crippen MR) is 274 cm³/mol. The summed E-state index contributed by atoms with van der Waals surface area (Å²) < 4.78 is 41.6. The summed E-state index contributed by atoms with van der Waals surface area (Å²) in [5.41, 5.74) is 5.15. The van der Waals surface area contributed by atoms with E-state index in [1.165, 1.54) is 52.8 Å². The number of ketones is 1. The highest BCUT2D eigenvalue weighted by molar-refractivity contribution is 8.14. The fourth-order valence-corrected chi connectivity index (χ4v) is 10.8. The summed E-state index contributed by atoms with van der Waals surface area (Å²) in [6.07, 6.45) is 13.3. The number of aliphatic imine (C=N–C) groups is 1. The number of benzene rings is 2. The summed E-state index contributed by atoms with van der Waals surface area (Å²) in [4.78, 5) is 83.3. The van der Waals surface area contributed by atoms with Crippen LogP contribution in [0.25, 0.3) is 33.3 Å². The standard InChI is InChI=1S/C53H59F2N11O7S/c1-33(56-2)51(70)62-48(53(71)65-16-4-7-45(65)52-61-44(32-74-52)49(69)36-8-10-40(54)11-9-36)35-12-17-63(18-13-35)46(67)14-19-72-21-22-73-20-15-47(68)66-31-38(26-60-66)37-24-42-43(28-58-50(42)57-25-37)39-27-59-64(30-39)29-34-5-3-6-41(55)23-34/h3,5-6,8-11,23-28,30-31,33,35,44-45,48,56H,4,7,12-22,29,32H2,1-2H3,(H,57,58)(H,62,70)/t33-,44?,45-,48-/m0/s1. The van der Waals surface area contributed by atoms with Crippen LogP contribution in [0.1, 0.15) is 66.2 Å². The van der Waals surface area contributed by atoms with Crippen LogP contribution in [-0.4, -0.2) is 157 Å². The van der Waals surface area contributed by atoms with E-state index in [1.54, 1.807) is 59.3 Å². The van der Waals surface area contributed by atoms with E-state index in [9.17, 15) is 32.8 Å². The van der Waals surface area contributed by atoms with Crippen LogP contribution < -0.4 is 10.6 Å². The maximum atomic E-state index is 14.5. The third kappa shape index (κ3) is 12.3. The first kappa shape index (κ1) is 51.9. The van der Waals surface area contributed by atoms with E-state index in [4.69, 9.17) is 14.5 Å². The topological polar surface area (TPSA) is 211 Å². The molecule has 3 aliphatic rings. The molecule has 3 amide bonds. The minimum atomic E-state index is -0.806. The molecule has 3 N–H and O–H groups in total. The van der Waals surface area contributed by atoms with Crippen LogP contribution in [0.4, 0.5) is 8.78 Å². The molecule has 0 radical (unpaired) electrons. The number of amides is 3. The second kappa shape index (κ2) is 23.9. The first-order valence-corrected chi connectivity index (χ1v) is 25.9. The second-order valence-corrected chi connectivity index (χ2v) is 19.8. The van der Waals surface area contributed by atoms with Gasteiger partial charge in [0.15, 0.2) is 5.78 Å². The zero-order chi connectivity index (χ0) is 51.7. The number of halogens is 2. The number of likely N-dealkylation sites (N-methyl/N-ethyl adjacent to an activating group) is 1. The molecule has 21 heteroatoms. The molecule has 0 bridgehead atoms. The van der Waals surface area contributed by atoms with Gasteiger partial charge in [-0.3, -0.25) is 33.6 Å². The van der Waals surface area contributed by atoms with E-state index in [2.05, 4.69) is 30.8 Å². The normalized spacial score (nSPS) is 17.9. The van der Waals surface area contributed by atoms with Crippen LogP contribution in [0.15, 0.2) is 96.8 Å². The predicted octanol–water partition coefficient (Wildman–Crippen LogP) is 5.79. The Labute approximate surface area is 430 Å². The van der Waals surface area contributed by atoms with Crippen molar-refractivity contribution in [2.75, 3.05) is 58.9 Å². The van der Waals surface area contributed by atoms with Crippen LogP contribution in [-0.2, 0) is 30.4 Å². The monoisotopic (exact) mass is 1030 g/mol. The van der Waals surface area contributed by atoms with Gasteiger partial charge in [-0.05, 0) is 93.6 Å². The molecule has 0 spiro atoms. The van der Waals surface area contributed by atoms with Crippen molar-refractivity contribution in [3.05, 3.63) is 115 Å². The summed E-state index contributed by atoms with van der Waals surface area (Å²) in [6.45, 7) is 4.31. The molecule has 9 rings (SSSR count). The van der Waals surface area contributed by atoms with Gasteiger partial charge in [-0.15, -0.1) is 11.8 Å². The van der Waals surface area contributed by atoms with Crippen LogP contribution >= 0.6 is 11.8 Å². The summed E-state index contributed by atoms with van der Waals surface area (Å²) >= 11 is 1.46. The van der Waals surface area contributed by atoms with E-state index in [0.717, 1.165) is 44.7 Å². The molecular weight excluding hydrogens is 973 g/mol. The molecule has 388 valence electrons. The van der Waals surface area contributed by atoms with Gasteiger partial charge in [-0.1, -0.05) is 12.1 Å². The number of H-pyrrole nitrogens is 1. The number of nitrogens with zero attached hydrogens (tertiary/aromatic N) is 8. The summed E-state index contributed by atoms with van der Waals surface area (Å²) in [7, 11) is 1.68. The van der Waals surface area contributed by atoms with E-state index < -0.39 is 23.9 Å². The van der Waals surface area contributed by atoms with E-state index in [-0.39, 0.29) is 86.5 Å². The molecule has 3 aliphatic heterocycles. The lowest BCUT2D eigenvalue weighted by molar-refractivity contribution is -0.140. The van der Waals surface area contributed by atoms with Gasteiger partial charge >= 0.3 is 0 Å². The van der Waals surface area contributed by atoms with Crippen LogP contribution in [0.3, 0.4) is 0 Å². The van der Waals surface area contributed by atoms with Gasteiger partial charge in [0.1, 0.15) is 29.4 Å². The molecule has 0 saturated carbocycles. The van der Waals surface area contributed by atoms with Crippen molar-refractivity contribution >= 4 is 57.3 Å². The van der Waals surface area contributed by atoms with Crippen molar-refractivity contribution in [3.63, 3.8) is 0 Å². The average molecular weight is 1030 g/mol. The largest absolute Gasteiger partial charge is 0.379 e. The van der Waals surface area contributed by atoms with E-state index in [1.807, 2.05) is 24.5 Å². The highest BCUT2D eigenvalue weighted by Gasteiger charge is 2.43. The molecule has 0 aliphatic carbocycles. The van der Waals surface area contributed by atoms with Crippen molar-refractivity contribution in [1.29, 1.82) is 0 Å². The minimum Gasteiger partial charge on any atom is -0.379 e. The van der Waals surface area contributed by atoms with E-state index >= 15 is 0 Å². The van der Waals surface area contributed by atoms with Gasteiger partial charge in [0, 0.05) is 83.4 Å². The van der Waals surface area contributed by atoms with E-state index in [0.29, 0.717) is 62.4 Å². The van der Waals surface area contributed by atoms with Crippen molar-refractivity contribution < 1.29 is 42.2 Å². The first-order valence-electron chi connectivity index (χ1n) is 25.0. The Bertz CT molecular complexity index is 3010. The fourth-order valence-electron chi connectivity index (χ4n) is 9.59. The van der Waals surface area contributed by atoms with Gasteiger partial charge in [-0.25, -0.2) is 18.4 Å². The number of pyridine rings is 1. The third-order valence-electron chi connectivity index (χ3n) is 13.9. The number of thioether (sulfide) groups is 1. The molecule has 74 heavy (non-hydrogen) atoms. The zero-order valence-electron chi connectivity index (χ0n) is 41.3. The van der Waals surface area contributed by atoms with Crippen LogP contribution in [0.5, 0.6) is 0 Å². The van der Waals surface area contributed by atoms with Crippen molar-refractivity contribution in [1.82, 2.24) is 50.0 Å². The number of aromatic nitrogens is 6. The van der Waals surface area contributed by atoms with Gasteiger partial charge < -0.3 is 34.9 Å². The zero-order valence-corrected chi connectivity index (χ0v) is 42.1. The summed E-state index contributed by atoms with van der Waals surface area (Å²) in [5.74, 6) is -1.49. The van der Waals surface area contributed by atoms with Gasteiger partial charge in [0.25, 0.3) is 0 Å². The highest BCUT2D eigenvalue weighted by Crippen LogP contribution is 2.34. The Hall–Kier alpha value is -6.94. The number of ether oxygens (including phenoxy) is 2. The van der Waals surface area contributed by atoms with Crippen molar-refractivity contribution in [3.8, 4) is 22.3 Å². The van der Waals surface area contributed by atoms with Crippen LogP contribution in [0, 0.1) is 17.6 Å². The van der Waals surface area contributed by atoms with Crippen molar-refractivity contribution in [2.24, 2.45) is 10.9 Å². The Morgan fingerprint density at radius 2 is 1.59 bits per heavy atom. The molecule has 7 heterocycles. The smallest absolute Gasteiger partial charge is 0.249 e. The summed E-state index contributed by atoms with van der Waals surface area (Å²) in [5, 5.41) is 16.3. The second-order valence-electron chi connectivity index (χ2n) is 18.7. The van der Waals surface area contributed by atoms with Crippen LogP contribution in [0.2, 0.25) is 0 Å².